The van der Waals surface area contributed by atoms with Gasteiger partial charge in [-0.25, -0.2) is 0 Å². The summed E-state index contributed by atoms with van der Waals surface area (Å²) >= 11 is 0. The van der Waals surface area contributed by atoms with Crippen LogP contribution in [0.5, 0.6) is 0 Å². The Labute approximate surface area is 141 Å². The zero-order valence-electron chi connectivity index (χ0n) is 14.0. The van der Waals surface area contributed by atoms with Crippen molar-refractivity contribution in [2.24, 2.45) is 5.92 Å². The predicted octanol–water partition coefficient (Wildman–Crippen LogP) is 3.44. The molecule has 1 aliphatic heterocycles. The van der Waals surface area contributed by atoms with Gasteiger partial charge in [0, 0.05) is 17.7 Å². The molecule has 0 aromatic heterocycles. The standard InChI is InChI=1S/C19H23NO4/c1-12-15-10-14(7-8-16(15)20-19(12)23)17(21)11-24-18(22)9-6-13-4-2-3-5-13/h7-8,10,12-13H,2-6,9,11H2,1H3,(H,20,23)/t12-/m0/s1. The van der Waals surface area contributed by atoms with Crippen molar-refractivity contribution in [3.63, 3.8) is 0 Å². The molecule has 3 rings (SSSR count). The Balaban J connectivity index is 1.50. The lowest BCUT2D eigenvalue weighted by Gasteiger charge is -2.09. The molecule has 1 N–H and O–H groups in total. The van der Waals surface area contributed by atoms with Gasteiger partial charge >= 0.3 is 5.97 Å². The Morgan fingerprint density at radius 1 is 1.25 bits per heavy atom. The van der Waals surface area contributed by atoms with Crippen LogP contribution in [0.4, 0.5) is 5.69 Å². The van der Waals surface area contributed by atoms with Crippen LogP contribution in [-0.2, 0) is 14.3 Å². The monoisotopic (exact) mass is 329 g/mol. The van der Waals surface area contributed by atoms with Gasteiger partial charge < -0.3 is 10.1 Å². The van der Waals surface area contributed by atoms with Gasteiger partial charge in [0.1, 0.15) is 0 Å². The van der Waals surface area contributed by atoms with Crippen LogP contribution in [-0.4, -0.2) is 24.3 Å². The van der Waals surface area contributed by atoms with Crippen LogP contribution in [0.25, 0.3) is 0 Å². The normalized spacial score (nSPS) is 19.9. The zero-order valence-corrected chi connectivity index (χ0v) is 14.0. The maximum absolute atomic E-state index is 12.2. The minimum Gasteiger partial charge on any atom is -0.457 e. The van der Waals surface area contributed by atoms with E-state index in [0.29, 0.717) is 17.9 Å². The van der Waals surface area contributed by atoms with Crippen LogP contribution in [0.2, 0.25) is 0 Å². The second-order valence-electron chi connectivity index (χ2n) is 6.79. The average molecular weight is 329 g/mol. The van der Waals surface area contributed by atoms with E-state index in [0.717, 1.165) is 17.7 Å². The number of amides is 1. The number of carbonyl (C=O) groups excluding carboxylic acids is 3. The van der Waals surface area contributed by atoms with Crippen molar-refractivity contribution in [1.29, 1.82) is 0 Å². The lowest BCUT2D eigenvalue weighted by atomic mass is 9.99. The molecule has 5 nitrogen and oxygen atoms in total. The summed E-state index contributed by atoms with van der Waals surface area (Å²) in [6.07, 6.45) is 6.16. The highest BCUT2D eigenvalue weighted by Gasteiger charge is 2.27. The summed E-state index contributed by atoms with van der Waals surface area (Å²) in [5.41, 5.74) is 2.04. The van der Waals surface area contributed by atoms with Gasteiger partial charge in [0.15, 0.2) is 12.4 Å². The molecule has 1 amide bonds. The van der Waals surface area contributed by atoms with Crippen molar-refractivity contribution in [1.82, 2.24) is 0 Å². The summed E-state index contributed by atoms with van der Waals surface area (Å²) in [6, 6.07) is 5.10. The molecule has 0 saturated heterocycles. The summed E-state index contributed by atoms with van der Waals surface area (Å²) in [4.78, 5) is 35.6. The molecular formula is C19H23NO4. The lowest BCUT2D eigenvalue weighted by molar-refractivity contribution is -0.142. The van der Waals surface area contributed by atoms with Gasteiger partial charge in [0.05, 0.1) is 5.92 Å². The summed E-state index contributed by atoms with van der Waals surface area (Å²) in [6.45, 7) is 1.57. The van der Waals surface area contributed by atoms with Crippen LogP contribution in [0.3, 0.4) is 0 Å². The van der Waals surface area contributed by atoms with Gasteiger partial charge in [0.25, 0.3) is 0 Å². The number of esters is 1. The number of rotatable bonds is 6. The van der Waals surface area contributed by atoms with Gasteiger partial charge in [0.2, 0.25) is 5.91 Å². The van der Waals surface area contributed by atoms with Crippen LogP contribution >= 0.6 is 0 Å². The summed E-state index contributed by atoms with van der Waals surface area (Å²) in [5, 5.41) is 2.77. The number of Topliss-reactive ketones (excluding diaryl/α,β-unsaturated/α-hetero) is 1. The van der Waals surface area contributed by atoms with Crippen molar-refractivity contribution >= 4 is 23.3 Å². The fraction of sp³-hybridized carbons (Fsp3) is 0.526. The number of ketones is 1. The Morgan fingerprint density at radius 3 is 2.75 bits per heavy atom. The topological polar surface area (TPSA) is 72.5 Å². The van der Waals surface area contributed by atoms with Gasteiger partial charge in [-0.1, -0.05) is 25.7 Å². The lowest BCUT2D eigenvalue weighted by Crippen LogP contribution is -2.15. The maximum atomic E-state index is 12.2. The summed E-state index contributed by atoms with van der Waals surface area (Å²) in [5.74, 6) is -0.230. The van der Waals surface area contributed by atoms with Crippen LogP contribution in [0, 0.1) is 5.92 Å². The highest BCUT2D eigenvalue weighted by Crippen LogP contribution is 2.32. The van der Waals surface area contributed by atoms with Crippen molar-refractivity contribution in [3.8, 4) is 0 Å². The molecule has 24 heavy (non-hydrogen) atoms. The molecule has 1 atom stereocenters. The SMILES string of the molecule is C[C@@H]1C(=O)Nc2ccc(C(=O)COC(=O)CCC3CCCC3)cc21. The van der Waals surface area contributed by atoms with Gasteiger partial charge in [-0.2, -0.15) is 0 Å². The van der Waals surface area contributed by atoms with E-state index in [9.17, 15) is 14.4 Å². The van der Waals surface area contributed by atoms with E-state index >= 15 is 0 Å². The van der Waals surface area contributed by atoms with Crippen molar-refractivity contribution < 1.29 is 19.1 Å². The van der Waals surface area contributed by atoms with Gasteiger partial charge in [-0.3, -0.25) is 14.4 Å². The fourth-order valence-corrected chi connectivity index (χ4v) is 3.51. The third kappa shape index (κ3) is 3.66. The third-order valence-electron chi connectivity index (χ3n) is 5.09. The molecule has 1 aliphatic carbocycles. The fourth-order valence-electron chi connectivity index (χ4n) is 3.51. The number of carbonyl (C=O) groups is 3. The molecule has 1 fully saturated rings. The van der Waals surface area contributed by atoms with E-state index < -0.39 is 0 Å². The number of benzene rings is 1. The molecule has 128 valence electrons. The molecule has 0 unspecified atom stereocenters. The summed E-state index contributed by atoms with van der Waals surface area (Å²) < 4.78 is 5.11. The number of hydrogen-bond acceptors (Lipinski definition) is 4. The quantitative estimate of drug-likeness (QED) is 0.641. The van der Waals surface area contributed by atoms with E-state index in [1.54, 1.807) is 25.1 Å². The molecule has 1 aromatic carbocycles. The van der Waals surface area contributed by atoms with Crippen LogP contribution < -0.4 is 5.32 Å². The first kappa shape index (κ1) is 16.7. The first-order valence-corrected chi connectivity index (χ1v) is 8.68. The number of fused-ring (bicyclic) bond motifs is 1. The van der Waals surface area contributed by atoms with Crippen LogP contribution in [0.1, 0.15) is 67.3 Å². The van der Waals surface area contributed by atoms with Crippen LogP contribution in [0.15, 0.2) is 18.2 Å². The highest BCUT2D eigenvalue weighted by atomic mass is 16.5. The molecular weight excluding hydrogens is 306 g/mol. The van der Waals surface area contributed by atoms with E-state index in [4.69, 9.17) is 4.74 Å². The zero-order chi connectivity index (χ0) is 17.1. The number of ether oxygens (including phenoxy) is 1. The molecule has 0 spiro atoms. The Bertz CT molecular complexity index is 661. The maximum Gasteiger partial charge on any atom is 0.306 e. The smallest absolute Gasteiger partial charge is 0.306 e. The average Bonchev–Trinajstić information content (AvgIpc) is 3.19. The first-order valence-electron chi connectivity index (χ1n) is 8.68. The molecule has 1 aromatic rings. The first-order chi connectivity index (χ1) is 11.5. The van der Waals surface area contributed by atoms with Gasteiger partial charge in [-0.05, 0) is 43.0 Å². The predicted molar refractivity (Wildman–Crippen MR) is 90.0 cm³/mol. The van der Waals surface area contributed by atoms with Gasteiger partial charge in [-0.15, -0.1) is 0 Å². The van der Waals surface area contributed by atoms with Crippen molar-refractivity contribution in [3.05, 3.63) is 29.3 Å². The summed E-state index contributed by atoms with van der Waals surface area (Å²) in [7, 11) is 0. The molecule has 2 aliphatic rings. The minimum absolute atomic E-state index is 0.0621. The molecule has 1 heterocycles. The number of anilines is 1. The third-order valence-corrected chi connectivity index (χ3v) is 5.09. The Morgan fingerprint density at radius 2 is 2.00 bits per heavy atom. The van der Waals surface area contributed by atoms with E-state index in [1.807, 2.05) is 0 Å². The van der Waals surface area contributed by atoms with Crippen molar-refractivity contribution in [2.45, 2.75) is 51.4 Å². The van der Waals surface area contributed by atoms with E-state index in [2.05, 4.69) is 5.32 Å². The number of hydrogen-bond donors (Lipinski definition) is 1. The highest BCUT2D eigenvalue weighted by molar-refractivity contribution is 6.05. The second-order valence-corrected chi connectivity index (χ2v) is 6.79. The van der Waals surface area contributed by atoms with E-state index in [1.165, 1.54) is 25.7 Å². The number of nitrogens with one attached hydrogen (secondary N) is 1. The second kappa shape index (κ2) is 7.16. The Hall–Kier alpha value is -2.17. The van der Waals surface area contributed by atoms with E-state index in [-0.39, 0.29) is 30.2 Å². The molecule has 5 heteroatoms. The molecule has 0 bridgehead atoms. The minimum atomic E-state index is -0.304. The molecule has 0 radical (unpaired) electrons. The Kier molecular flexibility index (Phi) is 4.97. The largest absolute Gasteiger partial charge is 0.457 e. The van der Waals surface area contributed by atoms with Crippen molar-refractivity contribution in [2.75, 3.05) is 11.9 Å². The molecule has 1 saturated carbocycles.